The van der Waals surface area contributed by atoms with Crippen molar-refractivity contribution < 1.29 is 80.2 Å². The van der Waals surface area contributed by atoms with Gasteiger partial charge >= 0.3 is 39.5 Å². The third-order valence-corrected chi connectivity index (χ3v) is 20.0. The van der Waals surface area contributed by atoms with Gasteiger partial charge in [0.2, 0.25) is 0 Å². The minimum Gasteiger partial charge on any atom is -0.462 e. The van der Waals surface area contributed by atoms with Crippen molar-refractivity contribution in [2.75, 3.05) is 39.6 Å². The SMILES string of the molecule is CC/C=C\C/C=C\C/C=C\C/C=C\CCCCCCCCC(=O)OCC(COP(=O)(O)OCC(O)COP(=O)(O)OCC(COC(=O)CCCCCCCC/C=C\C/C=C\C/C=C\CCCCC)OC(=O)CCCCCCCC/C=C\C/C=C\C/C=C\CCCCC)OC(=O)CCCCCCC/C=C\CCCCCC. The predicted octanol–water partition coefficient (Wildman–Crippen LogP) is 26.0. The first-order valence-corrected chi connectivity index (χ1v) is 46.4. The van der Waals surface area contributed by atoms with Crippen LogP contribution in [-0.4, -0.2) is 96.7 Å². The summed E-state index contributed by atoms with van der Waals surface area (Å²) >= 11 is 0. The molecule has 0 saturated carbocycles. The summed E-state index contributed by atoms with van der Waals surface area (Å²) in [5.74, 6) is -2.22. The van der Waals surface area contributed by atoms with Gasteiger partial charge in [0.05, 0.1) is 26.4 Å². The Morgan fingerprint density at radius 1 is 0.264 bits per heavy atom. The minimum atomic E-state index is -4.99. The highest BCUT2D eigenvalue weighted by atomic mass is 31.2. The lowest BCUT2D eigenvalue weighted by Crippen LogP contribution is -2.30. The lowest BCUT2D eigenvalue weighted by Gasteiger charge is -2.21. The van der Waals surface area contributed by atoms with E-state index in [0.717, 1.165) is 218 Å². The topological polar surface area (TPSA) is 237 Å². The molecule has 17 nitrogen and oxygen atoms in total. The smallest absolute Gasteiger partial charge is 0.462 e. The fourth-order valence-electron chi connectivity index (χ4n) is 11.5. The number of phosphoric acid groups is 2. The van der Waals surface area contributed by atoms with E-state index < -0.39 is 97.5 Å². The summed E-state index contributed by atoms with van der Waals surface area (Å²) in [6, 6.07) is 0. The van der Waals surface area contributed by atoms with Crippen LogP contribution >= 0.6 is 15.6 Å². The molecule has 0 fully saturated rings. The minimum absolute atomic E-state index is 0.0749. The molecule has 0 aromatic heterocycles. The van der Waals surface area contributed by atoms with Crippen molar-refractivity contribution >= 4 is 39.5 Å². The van der Waals surface area contributed by atoms with Gasteiger partial charge < -0.3 is 33.8 Å². The highest BCUT2D eigenvalue weighted by Gasteiger charge is 2.30. The van der Waals surface area contributed by atoms with Gasteiger partial charge in [-0.25, -0.2) is 9.13 Å². The summed E-state index contributed by atoms with van der Waals surface area (Å²) in [4.78, 5) is 73.3. The Kier molecular flexibility index (Phi) is 78.6. The van der Waals surface area contributed by atoms with Gasteiger partial charge in [0.1, 0.15) is 19.3 Å². The molecule has 0 aliphatic rings. The number of allylic oxidation sites excluding steroid dienone is 22. The molecule has 0 amide bonds. The van der Waals surface area contributed by atoms with E-state index in [-0.39, 0.29) is 25.7 Å². The maximum atomic E-state index is 13.2. The zero-order valence-electron chi connectivity index (χ0n) is 69.4. The number of carbonyl (C=O) groups excluding carboxylic acids is 4. The van der Waals surface area contributed by atoms with Crippen molar-refractivity contribution in [3.63, 3.8) is 0 Å². The molecule has 0 aliphatic carbocycles. The van der Waals surface area contributed by atoms with E-state index >= 15 is 0 Å². The number of hydrogen-bond donors (Lipinski definition) is 3. The standard InChI is InChI=1S/C91H156O17P2/c1-5-9-13-17-21-25-29-33-36-39-42-45-48-52-55-59-63-67-71-75-88(93)101-81-86(107-90(95)77-73-69-65-61-57-51-32-28-24-20-16-12-8-4)83-105-109(97,98)103-79-85(92)80-104-110(99,100)106-84-87(108-91(96)78-74-70-66-62-58-54-50-47-44-41-38-35-31-27-23-19-15-11-7-3)82-102-89(94)76-72-68-64-60-56-53-49-46-43-40-37-34-30-26-22-18-14-10-6-2/h9,13,21-23,25-28,32-38,42-47,85-87,92H,5-8,10-12,14-20,24,29-31,39-41,48-84H2,1-4H3,(H,97,98)(H,99,100)/b13-9-,25-21-,26-22-,27-23-,32-28-,36-33-,37-34-,38-35-,45-42-,46-43-,47-44-. The van der Waals surface area contributed by atoms with Gasteiger partial charge in [0, 0.05) is 25.7 Å². The second kappa shape index (κ2) is 82.2. The number of aliphatic hydroxyl groups is 1. The summed E-state index contributed by atoms with van der Waals surface area (Å²) in [5, 5.41) is 10.7. The highest BCUT2D eigenvalue weighted by molar-refractivity contribution is 7.47. The van der Waals surface area contributed by atoms with E-state index in [1.54, 1.807) is 0 Å². The maximum Gasteiger partial charge on any atom is 0.472 e. The maximum absolute atomic E-state index is 13.2. The fourth-order valence-corrected chi connectivity index (χ4v) is 13.0. The first-order chi connectivity index (χ1) is 53.7. The lowest BCUT2D eigenvalue weighted by molar-refractivity contribution is -0.161. The zero-order valence-corrected chi connectivity index (χ0v) is 71.2. The Morgan fingerprint density at radius 2 is 0.473 bits per heavy atom. The molecule has 5 unspecified atom stereocenters. The molecule has 0 aromatic rings. The molecular weight excluding hydrogens is 1430 g/mol. The van der Waals surface area contributed by atoms with E-state index in [1.807, 2.05) is 0 Å². The molecule has 0 spiro atoms. The Balaban J connectivity index is 5.40. The van der Waals surface area contributed by atoms with E-state index in [2.05, 4.69) is 161 Å². The molecule has 5 atom stereocenters. The molecule has 0 rings (SSSR count). The third-order valence-electron chi connectivity index (χ3n) is 18.1. The summed E-state index contributed by atoms with van der Waals surface area (Å²) in [7, 11) is -9.98. The van der Waals surface area contributed by atoms with Crippen LogP contribution in [-0.2, 0) is 65.4 Å². The van der Waals surface area contributed by atoms with E-state index in [0.29, 0.717) is 25.7 Å². The van der Waals surface area contributed by atoms with Gasteiger partial charge in [-0.1, -0.05) is 303 Å². The monoisotopic (exact) mass is 1580 g/mol. The second-order valence-electron chi connectivity index (χ2n) is 28.7. The molecule has 0 bridgehead atoms. The van der Waals surface area contributed by atoms with Crippen LogP contribution in [0.5, 0.6) is 0 Å². The Morgan fingerprint density at radius 3 is 0.755 bits per heavy atom. The summed E-state index contributed by atoms with van der Waals surface area (Å²) in [6.45, 7) is 4.68. The second-order valence-corrected chi connectivity index (χ2v) is 31.6. The number of ether oxygens (including phenoxy) is 4. The largest absolute Gasteiger partial charge is 0.472 e. The first-order valence-electron chi connectivity index (χ1n) is 43.4. The van der Waals surface area contributed by atoms with Crippen molar-refractivity contribution in [2.45, 2.75) is 380 Å². The molecular formula is C91H156O17P2. The van der Waals surface area contributed by atoms with Crippen LogP contribution in [0, 0.1) is 0 Å². The number of esters is 4. The van der Waals surface area contributed by atoms with Gasteiger partial charge in [-0.3, -0.25) is 37.3 Å². The number of hydrogen-bond acceptors (Lipinski definition) is 15. The molecule has 0 saturated heterocycles. The van der Waals surface area contributed by atoms with Crippen LogP contribution in [0.1, 0.15) is 362 Å². The van der Waals surface area contributed by atoms with E-state index in [1.165, 1.54) is 64.2 Å². The molecule has 19 heteroatoms. The van der Waals surface area contributed by atoms with Crippen molar-refractivity contribution in [1.82, 2.24) is 0 Å². The number of phosphoric ester groups is 2. The van der Waals surface area contributed by atoms with Crippen molar-refractivity contribution in [1.29, 1.82) is 0 Å². The Hall–Kier alpha value is -4.80. The molecule has 0 aromatic carbocycles. The Labute approximate surface area is 669 Å². The normalized spacial score (nSPS) is 14.4. The van der Waals surface area contributed by atoms with Crippen LogP contribution in [0.25, 0.3) is 0 Å². The quantitative estimate of drug-likeness (QED) is 0.0169. The lowest BCUT2D eigenvalue weighted by atomic mass is 10.1. The highest BCUT2D eigenvalue weighted by Crippen LogP contribution is 2.45. The first kappa shape index (κ1) is 105. The third kappa shape index (κ3) is 81.2. The number of carbonyl (C=O) groups is 4. The van der Waals surface area contributed by atoms with Gasteiger partial charge in [-0.2, -0.15) is 0 Å². The molecule has 0 aliphatic heterocycles. The molecule has 0 heterocycles. The van der Waals surface area contributed by atoms with Gasteiger partial charge in [0.15, 0.2) is 12.2 Å². The summed E-state index contributed by atoms with van der Waals surface area (Å²) in [5.41, 5.74) is 0. The van der Waals surface area contributed by atoms with Crippen LogP contribution in [0.4, 0.5) is 0 Å². The average molecular weight is 1580 g/mol. The number of rotatable bonds is 81. The Bertz CT molecular complexity index is 2600. The number of unbranched alkanes of at least 4 members (excludes halogenated alkanes) is 33. The molecule has 0 radical (unpaired) electrons. The summed E-state index contributed by atoms with van der Waals surface area (Å²) < 4.78 is 68.8. The van der Waals surface area contributed by atoms with Crippen LogP contribution in [0.3, 0.4) is 0 Å². The van der Waals surface area contributed by atoms with Crippen molar-refractivity contribution in [3.05, 3.63) is 134 Å². The van der Waals surface area contributed by atoms with Crippen LogP contribution < -0.4 is 0 Å². The average Bonchev–Trinajstić information content (AvgIpc) is 0.942. The predicted molar refractivity (Wildman–Crippen MR) is 454 cm³/mol. The van der Waals surface area contributed by atoms with E-state index in [4.69, 9.17) is 37.0 Å². The zero-order chi connectivity index (χ0) is 80.3. The molecule has 3 N–H and O–H groups in total. The van der Waals surface area contributed by atoms with Crippen molar-refractivity contribution in [3.8, 4) is 0 Å². The van der Waals surface area contributed by atoms with Crippen LogP contribution in [0.2, 0.25) is 0 Å². The van der Waals surface area contributed by atoms with Gasteiger partial charge in [-0.05, 0) is 167 Å². The summed E-state index contributed by atoms with van der Waals surface area (Å²) in [6.07, 6.45) is 94.0. The van der Waals surface area contributed by atoms with Gasteiger partial charge in [0.25, 0.3) is 0 Å². The van der Waals surface area contributed by atoms with Crippen molar-refractivity contribution in [2.24, 2.45) is 0 Å². The number of aliphatic hydroxyl groups excluding tert-OH is 1. The molecule has 632 valence electrons. The fraction of sp³-hybridized carbons (Fsp3) is 0.714. The molecule has 110 heavy (non-hydrogen) atoms. The van der Waals surface area contributed by atoms with Crippen LogP contribution in [0.15, 0.2) is 134 Å². The van der Waals surface area contributed by atoms with Gasteiger partial charge in [-0.15, -0.1) is 0 Å². The van der Waals surface area contributed by atoms with E-state index in [9.17, 15) is 43.2 Å².